The molecule has 164 valence electrons. The van der Waals surface area contributed by atoms with E-state index in [-0.39, 0.29) is 17.3 Å². The number of nitriles is 1. The number of aromatic nitrogens is 2. The molecule has 1 aromatic heterocycles. The molecule has 1 aliphatic rings. The normalized spacial score (nSPS) is 14.9. The highest BCUT2D eigenvalue weighted by Crippen LogP contribution is 2.49. The number of hydrogen-bond donors (Lipinski definition) is 2. The maximum Gasteiger partial charge on any atom is 0.244 e. The van der Waals surface area contributed by atoms with Gasteiger partial charge in [-0.3, -0.25) is 5.10 Å². The first-order valence-electron chi connectivity index (χ1n) is 9.34. The molecular formula is C22H18Cl2N4O4. The zero-order valence-electron chi connectivity index (χ0n) is 17.3. The van der Waals surface area contributed by atoms with E-state index in [2.05, 4.69) is 16.3 Å². The quantitative estimate of drug-likeness (QED) is 0.555. The minimum absolute atomic E-state index is 0.0426. The molecule has 32 heavy (non-hydrogen) atoms. The standard InChI is InChI=1S/C22H18Cl2N4O4/c1-29-15-6-10(7-16(30-2)20(15)31-3)19-18-17(12-5-4-11(23)8-14(12)24)13(9-25)21(26)32-22(18)28-27-19/h4-8,17H,26H2,1-3H3,(H,27,28)/t17-/m1/s1. The number of nitrogens with two attached hydrogens (primary N) is 1. The summed E-state index contributed by atoms with van der Waals surface area (Å²) in [4.78, 5) is 0. The molecule has 4 rings (SSSR count). The minimum atomic E-state index is -0.638. The van der Waals surface area contributed by atoms with Crippen LogP contribution in [-0.4, -0.2) is 31.5 Å². The lowest BCUT2D eigenvalue weighted by Gasteiger charge is -2.25. The fraction of sp³-hybridized carbons (Fsp3) is 0.182. The summed E-state index contributed by atoms with van der Waals surface area (Å²) in [6, 6.07) is 10.7. The molecule has 0 aliphatic carbocycles. The fourth-order valence-electron chi connectivity index (χ4n) is 3.74. The Kier molecular flexibility index (Phi) is 5.78. The average molecular weight is 473 g/mol. The van der Waals surface area contributed by atoms with Crippen LogP contribution in [0.5, 0.6) is 23.1 Å². The van der Waals surface area contributed by atoms with Gasteiger partial charge >= 0.3 is 0 Å². The van der Waals surface area contributed by atoms with Crippen LogP contribution in [0.1, 0.15) is 17.0 Å². The Bertz CT molecular complexity index is 1250. The number of methoxy groups -OCH3 is 3. The van der Waals surface area contributed by atoms with Crippen molar-refractivity contribution in [2.45, 2.75) is 5.92 Å². The van der Waals surface area contributed by atoms with E-state index >= 15 is 0 Å². The Morgan fingerprint density at radius 3 is 2.34 bits per heavy atom. The van der Waals surface area contributed by atoms with Crippen LogP contribution in [0, 0.1) is 11.3 Å². The van der Waals surface area contributed by atoms with Gasteiger partial charge in [-0.15, -0.1) is 5.10 Å². The molecule has 1 aliphatic heterocycles. The molecular weight excluding hydrogens is 455 g/mol. The monoisotopic (exact) mass is 472 g/mol. The lowest BCUT2D eigenvalue weighted by atomic mass is 9.83. The SMILES string of the molecule is COc1cc(-c2[nH]nc3c2[C@H](c2ccc(Cl)cc2Cl)C(C#N)=C(N)O3)cc(OC)c1OC. The predicted molar refractivity (Wildman–Crippen MR) is 119 cm³/mol. The van der Waals surface area contributed by atoms with Crippen molar-refractivity contribution in [2.75, 3.05) is 21.3 Å². The first-order valence-corrected chi connectivity index (χ1v) is 10.1. The molecule has 0 spiro atoms. The van der Waals surface area contributed by atoms with E-state index in [0.717, 1.165) is 0 Å². The van der Waals surface area contributed by atoms with Gasteiger partial charge in [0.2, 0.25) is 17.5 Å². The largest absolute Gasteiger partial charge is 0.493 e. The maximum atomic E-state index is 9.87. The highest BCUT2D eigenvalue weighted by Gasteiger charge is 2.37. The van der Waals surface area contributed by atoms with E-state index in [1.165, 1.54) is 21.3 Å². The van der Waals surface area contributed by atoms with Crippen molar-refractivity contribution in [3.05, 3.63) is 63.0 Å². The van der Waals surface area contributed by atoms with E-state index in [0.29, 0.717) is 49.7 Å². The summed E-state index contributed by atoms with van der Waals surface area (Å²) in [7, 11) is 4.58. The number of ether oxygens (including phenoxy) is 4. The number of nitrogens with zero attached hydrogens (tertiary/aromatic N) is 2. The summed E-state index contributed by atoms with van der Waals surface area (Å²) in [5.41, 5.74) is 8.73. The molecule has 8 nitrogen and oxygen atoms in total. The third kappa shape index (κ3) is 3.45. The molecule has 0 radical (unpaired) electrons. The zero-order chi connectivity index (χ0) is 23.0. The number of halogens is 2. The van der Waals surface area contributed by atoms with Gasteiger partial charge in [0.15, 0.2) is 11.5 Å². The highest BCUT2D eigenvalue weighted by molar-refractivity contribution is 6.35. The Morgan fingerprint density at radius 2 is 1.78 bits per heavy atom. The summed E-state index contributed by atoms with van der Waals surface area (Å²) >= 11 is 12.6. The summed E-state index contributed by atoms with van der Waals surface area (Å²) in [6.07, 6.45) is 0. The Labute approximate surface area is 194 Å². The van der Waals surface area contributed by atoms with Gasteiger partial charge in [-0.25, -0.2) is 0 Å². The van der Waals surface area contributed by atoms with Crippen LogP contribution in [-0.2, 0) is 0 Å². The second-order valence-corrected chi connectivity index (χ2v) is 7.67. The first kappa shape index (κ1) is 21.7. The van der Waals surface area contributed by atoms with Crippen molar-refractivity contribution in [1.29, 1.82) is 5.26 Å². The van der Waals surface area contributed by atoms with Crippen LogP contribution < -0.4 is 24.7 Å². The number of H-pyrrole nitrogens is 1. The minimum Gasteiger partial charge on any atom is -0.493 e. The van der Waals surface area contributed by atoms with Crippen molar-refractivity contribution < 1.29 is 18.9 Å². The third-order valence-electron chi connectivity index (χ3n) is 5.17. The number of benzene rings is 2. The van der Waals surface area contributed by atoms with Gasteiger partial charge < -0.3 is 24.7 Å². The van der Waals surface area contributed by atoms with Crippen LogP contribution >= 0.6 is 23.2 Å². The summed E-state index contributed by atoms with van der Waals surface area (Å²) in [6.45, 7) is 0. The molecule has 0 unspecified atom stereocenters. The highest BCUT2D eigenvalue weighted by atomic mass is 35.5. The van der Waals surface area contributed by atoms with Crippen LogP contribution in [0.15, 0.2) is 41.8 Å². The van der Waals surface area contributed by atoms with Gasteiger partial charge in [0.25, 0.3) is 0 Å². The molecule has 0 bridgehead atoms. The Hall–Kier alpha value is -3.54. The lowest BCUT2D eigenvalue weighted by molar-refractivity contribution is 0.324. The van der Waals surface area contributed by atoms with Gasteiger partial charge in [-0.1, -0.05) is 29.3 Å². The maximum absolute atomic E-state index is 9.87. The van der Waals surface area contributed by atoms with Crippen LogP contribution in [0.25, 0.3) is 11.3 Å². The average Bonchev–Trinajstić information content (AvgIpc) is 3.20. The van der Waals surface area contributed by atoms with E-state index in [1.807, 2.05) is 0 Å². The van der Waals surface area contributed by atoms with Crippen molar-refractivity contribution >= 4 is 23.2 Å². The molecule has 2 heterocycles. The second kappa shape index (κ2) is 8.54. The molecule has 3 aromatic rings. The topological polar surface area (TPSA) is 115 Å². The van der Waals surface area contributed by atoms with Crippen LogP contribution in [0.3, 0.4) is 0 Å². The fourth-order valence-corrected chi connectivity index (χ4v) is 4.25. The van der Waals surface area contributed by atoms with E-state index in [4.69, 9.17) is 47.9 Å². The van der Waals surface area contributed by atoms with E-state index < -0.39 is 5.92 Å². The number of nitrogens with one attached hydrogen (secondary N) is 1. The molecule has 0 saturated carbocycles. The number of hydrogen-bond acceptors (Lipinski definition) is 7. The lowest BCUT2D eigenvalue weighted by Crippen LogP contribution is -2.21. The second-order valence-electron chi connectivity index (χ2n) is 6.82. The summed E-state index contributed by atoms with van der Waals surface area (Å²) in [5, 5.41) is 18.0. The number of aromatic amines is 1. The Balaban J connectivity index is 1.98. The molecule has 10 heteroatoms. The molecule has 0 fully saturated rings. The Morgan fingerprint density at radius 1 is 1.09 bits per heavy atom. The molecule has 1 atom stereocenters. The first-order chi connectivity index (χ1) is 15.4. The van der Waals surface area contributed by atoms with Crippen molar-refractivity contribution in [3.63, 3.8) is 0 Å². The van der Waals surface area contributed by atoms with Gasteiger partial charge in [0.05, 0.1) is 38.5 Å². The van der Waals surface area contributed by atoms with Gasteiger partial charge in [0.1, 0.15) is 11.6 Å². The van der Waals surface area contributed by atoms with Crippen molar-refractivity contribution in [1.82, 2.24) is 10.2 Å². The number of allylic oxidation sites excluding steroid dienone is 1. The van der Waals surface area contributed by atoms with E-state index in [1.54, 1.807) is 30.3 Å². The van der Waals surface area contributed by atoms with Gasteiger partial charge in [0, 0.05) is 15.6 Å². The van der Waals surface area contributed by atoms with E-state index in [9.17, 15) is 5.26 Å². The van der Waals surface area contributed by atoms with Crippen molar-refractivity contribution in [3.8, 4) is 40.5 Å². The third-order valence-corrected chi connectivity index (χ3v) is 5.73. The molecule has 2 aromatic carbocycles. The van der Waals surface area contributed by atoms with Crippen molar-refractivity contribution in [2.24, 2.45) is 5.73 Å². The smallest absolute Gasteiger partial charge is 0.244 e. The zero-order valence-corrected chi connectivity index (χ0v) is 18.8. The molecule has 3 N–H and O–H groups in total. The van der Waals surface area contributed by atoms with Crippen LogP contribution in [0.4, 0.5) is 0 Å². The summed E-state index contributed by atoms with van der Waals surface area (Å²) in [5.74, 6) is 0.918. The van der Waals surface area contributed by atoms with Gasteiger partial charge in [-0.2, -0.15) is 5.26 Å². The summed E-state index contributed by atoms with van der Waals surface area (Å²) < 4.78 is 22.0. The molecule has 0 amide bonds. The number of rotatable bonds is 5. The van der Waals surface area contributed by atoms with Crippen LogP contribution in [0.2, 0.25) is 10.0 Å². The molecule has 0 saturated heterocycles. The predicted octanol–water partition coefficient (Wildman–Crippen LogP) is 4.63. The number of fused-ring (bicyclic) bond motifs is 1. The van der Waals surface area contributed by atoms with Gasteiger partial charge in [-0.05, 0) is 29.8 Å².